The topological polar surface area (TPSA) is 113 Å². The van der Waals surface area contributed by atoms with Crippen LogP contribution in [0.1, 0.15) is 11.3 Å². The maximum absolute atomic E-state index is 13.5. The molecule has 36 heavy (non-hydrogen) atoms. The number of halogens is 4. The Hall–Kier alpha value is -4.88. The van der Waals surface area contributed by atoms with E-state index in [1.807, 2.05) is 0 Å². The SMILES string of the molecule is O=C(Nc1ccc(F)c(C(F)(F)F)c1)n1ccc2cc(Oc3cc(Cn4ncnn4)ncn3)ccc21. The second-order valence-electron chi connectivity index (χ2n) is 7.44. The molecule has 0 spiro atoms. The first-order valence-corrected chi connectivity index (χ1v) is 10.2. The minimum Gasteiger partial charge on any atom is -0.439 e. The highest BCUT2D eigenvalue weighted by Crippen LogP contribution is 2.33. The van der Waals surface area contributed by atoms with Crippen LogP contribution < -0.4 is 10.1 Å². The van der Waals surface area contributed by atoms with Crippen molar-refractivity contribution < 1.29 is 27.1 Å². The minimum absolute atomic E-state index is 0.198. The third kappa shape index (κ3) is 4.82. The van der Waals surface area contributed by atoms with Crippen molar-refractivity contribution >= 4 is 22.6 Å². The van der Waals surface area contributed by atoms with Crippen molar-refractivity contribution in [3.63, 3.8) is 0 Å². The molecule has 0 saturated carbocycles. The van der Waals surface area contributed by atoms with Gasteiger partial charge in [-0.3, -0.25) is 4.57 Å². The molecule has 2 aromatic carbocycles. The molecule has 0 fully saturated rings. The zero-order chi connectivity index (χ0) is 25.3. The van der Waals surface area contributed by atoms with Gasteiger partial charge in [-0.25, -0.2) is 19.2 Å². The Morgan fingerprint density at radius 2 is 1.89 bits per heavy atom. The summed E-state index contributed by atoms with van der Waals surface area (Å²) in [4.78, 5) is 22.3. The molecular weight excluding hydrogens is 484 g/mol. The summed E-state index contributed by atoms with van der Waals surface area (Å²) in [7, 11) is 0. The van der Waals surface area contributed by atoms with Crippen LogP contribution in [0.15, 0.2) is 67.4 Å². The summed E-state index contributed by atoms with van der Waals surface area (Å²) in [5, 5.41) is 14.3. The molecule has 0 aliphatic rings. The van der Waals surface area contributed by atoms with Crippen LogP contribution in [0.25, 0.3) is 10.9 Å². The summed E-state index contributed by atoms with van der Waals surface area (Å²) in [5.41, 5.74) is -0.601. The van der Waals surface area contributed by atoms with Crippen LogP contribution in [0.4, 0.5) is 28.0 Å². The van der Waals surface area contributed by atoms with Crippen LogP contribution in [-0.4, -0.2) is 40.8 Å². The highest BCUT2D eigenvalue weighted by Gasteiger charge is 2.34. The van der Waals surface area contributed by atoms with E-state index in [-0.39, 0.29) is 18.1 Å². The van der Waals surface area contributed by atoms with E-state index in [0.717, 1.165) is 6.07 Å². The zero-order valence-corrected chi connectivity index (χ0v) is 18.0. The van der Waals surface area contributed by atoms with Crippen molar-refractivity contribution in [2.24, 2.45) is 0 Å². The van der Waals surface area contributed by atoms with Crippen LogP contribution in [0.3, 0.4) is 0 Å². The molecule has 1 amide bonds. The molecular formula is C22H14F4N8O2. The lowest BCUT2D eigenvalue weighted by atomic mass is 10.2. The fourth-order valence-electron chi connectivity index (χ4n) is 3.41. The van der Waals surface area contributed by atoms with Gasteiger partial charge < -0.3 is 10.1 Å². The number of rotatable bonds is 5. The largest absolute Gasteiger partial charge is 0.439 e. The number of fused-ring (bicyclic) bond motifs is 1. The summed E-state index contributed by atoms with van der Waals surface area (Å²) >= 11 is 0. The van der Waals surface area contributed by atoms with Gasteiger partial charge in [0, 0.05) is 23.3 Å². The summed E-state index contributed by atoms with van der Waals surface area (Å²) in [6, 6.07) is 9.65. The maximum Gasteiger partial charge on any atom is 0.419 e. The Bertz CT molecular complexity index is 1550. The Morgan fingerprint density at radius 1 is 1.03 bits per heavy atom. The first kappa shape index (κ1) is 22.9. The van der Waals surface area contributed by atoms with Crippen molar-refractivity contribution in [3.05, 3.63) is 84.5 Å². The Morgan fingerprint density at radius 3 is 2.67 bits per heavy atom. The second kappa shape index (κ2) is 9.05. The van der Waals surface area contributed by atoms with E-state index in [1.54, 1.807) is 30.3 Å². The van der Waals surface area contributed by atoms with Crippen LogP contribution in [-0.2, 0) is 12.7 Å². The van der Waals surface area contributed by atoms with Crippen molar-refractivity contribution in [1.29, 1.82) is 0 Å². The van der Waals surface area contributed by atoms with Crippen LogP contribution in [0.2, 0.25) is 0 Å². The summed E-state index contributed by atoms with van der Waals surface area (Å²) < 4.78 is 59.4. The molecule has 10 nitrogen and oxygen atoms in total. The fraction of sp³-hybridized carbons (Fsp3) is 0.0909. The summed E-state index contributed by atoms with van der Waals surface area (Å²) in [6.07, 6.45) is -0.800. The zero-order valence-electron chi connectivity index (χ0n) is 18.0. The molecule has 0 bridgehead atoms. The van der Waals surface area contributed by atoms with Crippen LogP contribution in [0.5, 0.6) is 11.6 Å². The Balaban J connectivity index is 1.33. The van der Waals surface area contributed by atoms with Gasteiger partial charge in [-0.1, -0.05) is 0 Å². The Kier molecular flexibility index (Phi) is 5.76. The number of nitrogens with zero attached hydrogens (tertiary/aromatic N) is 7. The standard InChI is InChI=1S/C22H14F4N8O2/c23-18-3-1-14(8-17(18)22(24,25)26)31-21(35)33-6-5-13-7-16(2-4-19(13)33)36-20-9-15(27-11-28-20)10-34-30-12-29-32-34/h1-9,11-12H,10H2,(H,31,35). The number of alkyl halides is 3. The van der Waals surface area contributed by atoms with Gasteiger partial charge in [0.15, 0.2) is 6.33 Å². The van der Waals surface area contributed by atoms with Gasteiger partial charge in [-0.15, -0.1) is 10.2 Å². The highest BCUT2D eigenvalue weighted by atomic mass is 19.4. The average molecular weight is 498 g/mol. The number of benzene rings is 2. The van der Waals surface area contributed by atoms with E-state index in [4.69, 9.17) is 4.74 Å². The van der Waals surface area contributed by atoms with E-state index in [1.165, 1.54) is 28.2 Å². The molecule has 0 unspecified atom stereocenters. The molecule has 1 N–H and O–H groups in total. The highest BCUT2D eigenvalue weighted by molar-refractivity contribution is 5.98. The normalized spacial score (nSPS) is 11.6. The van der Waals surface area contributed by atoms with E-state index in [9.17, 15) is 22.4 Å². The number of aromatic nitrogens is 7. The van der Waals surface area contributed by atoms with Gasteiger partial charge >= 0.3 is 12.2 Å². The number of ether oxygens (including phenoxy) is 1. The summed E-state index contributed by atoms with van der Waals surface area (Å²) in [6.45, 7) is 0.272. The number of hydrogen-bond donors (Lipinski definition) is 1. The van der Waals surface area contributed by atoms with Crippen molar-refractivity contribution in [2.75, 3.05) is 5.32 Å². The van der Waals surface area contributed by atoms with Gasteiger partial charge in [0.05, 0.1) is 16.8 Å². The molecule has 0 aliphatic heterocycles. The van der Waals surface area contributed by atoms with Gasteiger partial charge in [0.1, 0.15) is 24.4 Å². The molecule has 0 saturated heterocycles. The molecule has 182 valence electrons. The first-order chi connectivity index (χ1) is 17.3. The van der Waals surface area contributed by atoms with Crippen LogP contribution in [0, 0.1) is 5.82 Å². The Labute approximate surface area is 199 Å². The van der Waals surface area contributed by atoms with Crippen molar-refractivity contribution in [2.45, 2.75) is 12.7 Å². The number of carbonyl (C=O) groups is 1. The summed E-state index contributed by atoms with van der Waals surface area (Å²) in [5.74, 6) is -0.726. The van der Waals surface area contributed by atoms with E-state index < -0.39 is 23.6 Å². The number of anilines is 1. The lowest BCUT2D eigenvalue weighted by Crippen LogP contribution is -2.19. The van der Waals surface area contributed by atoms with Gasteiger partial charge in [0.25, 0.3) is 0 Å². The first-order valence-electron chi connectivity index (χ1n) is 10.2. The lowest BCUT2D eigenvalue weighted by Gasteiger charge is -2.12. The van der Waals surface area contributed by atoms with E-state index in [2.05, 4.69) is 30.7 Å². The fourth-order valence-corrected chi connectivity index (χ4v) is 3.41. The third-order valence-electron chi connectivity index (χ3n) is 5.02. The third-order valence-corrected chi connectivity index (χ3v) is 5.02. The second-order valence-corrected chi connectivity index (χ2v) is 7.44. The van der Waals surface area contributed by atoms with Gasteiger partial charge in [-0.2, -0.15) is 18.0 Å². The number of amides is 1. The monoisotopic (exact) mass is 498 g/mol. The molecule has 0 atom stereocenters. The molecule has 3 heterocycles. The maximum atomic E-state index is 13.5. The molecule has 5 rings (SSSR count). The van der Waals surface area contributed by atoms with Crippen molar-refractivity contribution in [3.8, 4) is 11.6 Å². The number of nitrogens with one attached hydrogen (secondary N) is 1. The van der Waals surface area contributed by atoms with Crippen molar-refractivity contribution in [1.82, 2.24) is 34.7 Å². The number of hydrogen-bond acceptors (Lipinski definition) is 7. The molecule has 0 aliphatic carbocycles. The van der Waals surface area contributed by atoms with E-state index in [0.29, 0.717) is 34.5 Å². The van der Waals surface area contributed by atoms with Gasteiger partial charge in [0.2, 0.25) is 5.88 Å². The predicted molar refractivity (Wildman–Crippen MR) is 117 cm³/mol. The van der Waals surface area contributed by atoms with Crippen LogP contribution >= 0.6 is 0 Å². The van der Waals surface area contributed by atoms with Gasteiger partial charge in [-0.05, 0) is 47.7 Å². The minimum atomic E-state index is -4.89. The molecule has 3 aromatic heterocycles. The molecule has 0 radical (unpaired) electrons. The quantitative estimate of drug-likeness (QED) is 0.355. The predicted octanol–water partition coefficient (Wildman–Crippen LogP) is 4.50. The number of tetrazole rings is 1. The number of carbonyl (C=O) groups excluding carboxylic acids is 1. The van der Waals surface area contributed by atoms with E-state index >= 15 is 0 Å². The average Bonchev–Trinajstić information content (AvgIpc) is 3.49. The molecule has 14 heteroatoms. The smallest absolute Gasteiger partial charge is 0.419 e. The molecule has 5 aromatic rings. The lowest BCUT2D eigenvalue weighted by molar-refractivity contribution is -0.139.